The maximum atomic E-state index is 14.4. The van der Waals surface area contributed by atoms with Crippen molar-refractivity contribution in [3.63, 3.8) is 0 Å². The van der Waals surface area contributed by atoms with Gasteiger partial charge in [0.2, 0.25) is 17.7 Å². The Hall–Kier alpha value is -6.49. The summed E-state index contributed by atoms with van der Waals surface area (Å²) in [5.74, 6) is -1.85. The molecule has 4 amide bonds. The summed E-state index contributed by atoms with van der Waals surface area (Å²) in [4.78, 5) is 71.0. The third-order valence-corrected chi connectivity index (χ3v) is 10.3. The fraction of sp³-hybridized carbons (Fsp3) is 0.419. The number of carbonyl (C=O) groups excluding carboxylic acids is 5. The fourth-order valence-electron chi connectivity index (χ4n) is 7.18. The number of hydrogen-bond donors (Lipinski definition) is 4. The van der Waals surface area contributed by atoms with Crippen LogP contribution in [0.1, 0.15) is 53.9 Å². The summed E-state index contributed by atoms with van der Waals surface area (Å²) in [7, 11) is 2.75. The summed E-state index contributed by atoms with van der Waals surface area (Å²) in [6.45, 7) is 4.27. The average Bonchev–Trinajstić information content (AvgIpc) is 3.88. The molecule has 3 aromatic carbocycles. The van der Waals surface area contributed by atoms with Crippen LogP contribution in [-0.4, -0.2) is 112 Å². The minimum Gasteiger partial charge on any atom is -0.497 e. The van der Waals surface area contributed by atoms with Gasteiger partial charge in [-0.05, 0) is 59.9 Å². The molecule has 0 saturated carbocycles. The number of hydrogen-bond acceptors (Lipinski definition) is 12. The molecule has 4 bridgehead atoms. The zero-order chi connectivity index (χ0) is 42.8. The molecular formula is C43H51N7O10. The molecule has 4 heterocycles. The number of nitrogens with zero attached hydrogens (tertiary/aromatic N) is 4. The van der Waals surface area contributed by atoms with Crippen molar-refractivity contribution in [3.05, 3.63) is 101 Å². The predicted molar refractivity (Wildman–Crippen MR) is 216 cm³/mol. The van der Waals surface area contributed by atoms with E-state index < -0.39 is 59.9 Å². The van der Waals surface area contributed by atoms with Crippen molar-refractivity contribution in [2.45, 2.75) is 83.0 Å². The lowest BCUT2D eigenvalue weighted by Crippen LogP contribution is -2.58. The molecule has 17 heteroatoms. The van der Waals surface area contributed by atoms with E-state index in [2.05, 4.69) is 26.3 Å². The smallest absolute Gasteiger partial charge is 0.328 e. The lowest BCUT2D eigenvalue weighted by molar-refractivity contribution is -0.145. The predicted octanol–water partition coefficient (Wildman–Crippen LogP) is 1.99. The minimum absolute atomic E-state index is 0.00676. The van der Waals surface area contributed by atoms with Gasteiger partial charge in [0, 0.05) is 25.8 Å². The van der Waals surface area contributed by atoms with Gasteiger partial charge in [-0.1, -0.05) is 55.5 Å². The number of esters is 1. The van der Waals surface area contributed by atoms with Crippen molar-refractivity contribution < 1.29 is 48.0 Å². The molecule has 3 aliphatic heterocycles. The van der Waals surface area contributed by atoms with Crippen LogP contribution in [0.4, 0.5) is 0 Å². The molecule has 4 aromatic rings. The number of aliphatic hydroxyl groups is 1. The highest BCUT2D eigenvalue weighted by Crippen LogP contribution is 2.24. The second kappa shape index (κ2) is 20.0. The Morgan fingerprint density at radius 1 is 0.917 bits per heavy atom. The largest absolute Gasteiger partial charge is 0.497 e. The first-order valence-electron chi connectivity index (χ1n) is 19.8. The van der Waals surface area contributed by atoms with Crippen molar-refractivity contribution in [3.8, 4) is 17.2 Å². The van der Waals surface area contributed by atoms with Crippen molar-refractivity contribution >= 4 is 29.6 Å². The highest BCUT2D eigenvalue weighted by Gasteiger charge is 2.43. The van der Waals surface area contributed by atoms with Crippen LogP contribution in [-0.2, 0) is 49.9 Å². The average molecular weight is 826 g/mol. The van der Waals surface area contributed by atoms with E-state index in [4.69, 9.17) is 18.9 Å². The summed E-state index contributed by atoms with van der Waals surface area (Å²) in [5, 5.41) is 27.6. The van der Waals surface area contributed by atoms with Gasteiger partial charge in [0.05, 0.1) is 38.6 Å². The molecule has 4 N–H and O–H groups in total. The zero-order valence-electron chi connectivity index (χ0n) is 34.0. The molecule has 0 radical (unpaired) electrons. The molecule has 0 aliphatic carbocycles. The number of fused-ring (bicyclic) bond motifs is 14. The first kappa shape index (κ1) is 43.1. The maximum absolute atomic E-state index is 14.4. The molecule has 1 fully saturated rings. The first-order chi connectivity index (χ1) is 28.9. The summed E-state index contributed by atoms with van der Waals surface area (Å²) in [6.07, 6.45) is 0.842. The van der Waals surface area contributed by atoms with Gasteiger partial charge in [-0.3, -0.25) is 19.2 Å². The summed E-state index contributed by atoms with van der Waals surface area (Å²) < 4.78 is 23.9. The SMILES string of the molecule is COC(=O)[C@@H]1Cc2ccc(cc2)OCCn2cc(nn2)COc2ccccc2C(=O)N[C@H](CC(C)C)C(=O)N2C[C@@H](O)C[C@@H]2C(=O)N[C@@H](Cc2ccc(OC)cc2)C(=O)N1. The van der Waals surface area contributed by atoms with Crippen molar-refractivity contribution in [2.75, 3.05) is 27.4 Å². The summed E-state index contributed by atoms with van der Waals surface area (Å²) in [6, 6.07) is 15.9. The Morgan fingerprint density at radius 3 is 2.38 bits per heavy atom. The lowest BCUT2D eigenvalue weighted by Gasteiger charge is -2.30. The number of aromatic nitrogens is 3. The lowest BCUT2D eigenvalue weighted by atomic mass is 10.0. The van der Waals surface area contributed by atoms with Gasteiger partial charge in [0.25, 0.3) is 5.91 Å². The number of aliphatic hydroxyl groups excluding tert-OH is 1. The van der Waals surface area contributed by atoms with Crippen LogP contribution in [0.3, 0.4) is 0 Å². The van der Waals surface area contributed by atoms with Gasteiger partial charge in [-0.25, -0.2) is 9.48 Å². The molecule has 60 heavy (non-hydrogen) atoms. The van der Waals surface area contributed by atoms with Crippen LogP contribution in [0.25, 0.3) is 0 Å². The van der Waals surface area contributed by atoms with Crippen LogP contribution >= 0.6 is 0 Å². The molecule has 0 spiro atoms. The molecule has 17 nitrogen and oxygen atoms in total. The topological polar surface area (TPSA) is 213 Å². The van der Waals surface area contributed by atoms with E-state index in [1.54, 1.807) is 83.7 Å². The molecule has 5 atom stereocenters. The van der Waals surface area contributed by atoms with E-state index in [1.807, 2.05) is 13.8 Å². The highest BCUT2D eigenvalue weighted by molar-refractivity contribution is 6.00. The molecule has 318 valence electrons. The van der Waals surface area contributed by atoms with E-state index in [0.29, 0.717) is 34.9 Å². The minimum atomic E-state index is -1.23. The van der Waals surface area contributed by atoms with Gasteiger partial charge < -0.3 is 44.9 Å². The van der Waals surface area contributed by atoms with Gasteiger partial charge in [0.15, 0.2) is 0 Å². The van der Waals surface area contributed by atoms with E-state index in [-0.39, 0.29) is 62.7 Å². The number of rotatable bonds is 6. The number of nitrogens with one attached hydrogen (secondary N) is 3. The number of carbonyl (C=O) groups is 5. The normalized spacial score (nSPS) is 22.0. The molecule has 0 unspecified atom stereocenters. The van der Waals surface area contributed by atoms with Crippen molar-refractivity contribution in [1.29, 1.82) is 0 Å². The summed E-state index contributed by atoms with van der Waals surface area (Å²) in [5.41, 5.74) is 2.06. The highest BCUT2D eigenvalue weighted by atomic mass is 16.5. The van der Waals surface area contributed by atoms with Crippen LogP contribution in [0.5, 0.6) is 17.2 Å². The van der Waals surface area contributed by atoms with Crippen LogP contribution in [0.2, 0.25) is 0 Å². The number of ether oxygens (including phenoxy) is 4. The van der Waals surface area contributed by atoms with Crippen molar-refractivity contribution in [2.24, 2.45) is 5.92 Å². The first-order valence-corrected chi connectivity index (χ1v) is 19.8. The second-order valence-electron chi connectivity index (χ2n) is 15.2. The van der Waals surface area contributed by atoms with Crippen molar-refractivity contribution in [1.82, 2.24) is 35.8 Å². The third kappa shape index (κ3) is 11.2. The van der Waals surface area contributed by atoms with Crippen LogP contribution in [0.15, 0.2) is 79.0 Å². The van der Waals surface area contributed by atoms with E-state index >= 15 is 0 Å². The molecule has 7 rings (SSSR count). The number of amides is 4. The van der Waals surface area contributed by atoms with Gasteiger partial charge in [0.1, 0.15) is 60.3 Å². The number of benzene rings is 3. The van der Waals surface area contributed by atoms with Gasteiger partial charge in [-0.2, -0.15) is 0 Å². The summed E-state index contributed by atoms with van der Waals surface area (Å²) >= 11 is 0. The zero-order valence-corrected chi connectivity index (χ0v) is 34.0. The standard InChI is InChI=1S/C43H51N7O10/c1-26(2)19-35-42(55)50-24-30(51)22-37(50)41(54)44-34(20-27-9-13-31(57-3)14-10-27)40(53)46-36(43(56)58-4)21-28-11-15-32(16-12-28)59-18-17-49-23-29(47-48-49)25-60-38-8-6-5-7-33(38)39(52)45-35/h5-16,23,26,30,34-37,51H,17-22,24-25H2,1-4H3,(H,44,54)(H,45,52)(H,46,53)/t30-,34-,35+,36-,37+/m0/s1. The van der Waals surface area contributed by atoms with Crippen LogP contribution in [0, 0.1) is 5.92 Å². The van der Waals surface area contributed by atoms with E-state index in [1.165, 1.54) is 19.1 Å². The molecular weight excluding hydrogens is 775 g/mol. The molecule has 1 aromatic heterocycles. The van der Waals surface area contributed by atoms with E-state index in [9.17, 15) is 29.1 Å². The quantitative estimate of drug-likeness (QED) is 0.206. The number of methoxy groups -OCH3 is 2. The third-order valence-electron chi connectivity index (χ3n) is 10.3. The monoisotopic (exact) mass is 825 g/mol. The molecule has 3 aliphatic rings. The Bertz CT molecular complexity index is 2120. The fourth-order valence-corrected chi connectivity index (χ4v) is 7.18. The number of para-hydroxylation sites is 1. The van der Waals surface area contributed by atoms with Crippen LogP contribution < -0.4 is 30.2 Å². The Kier molecular flexibility index (Phi) is 14.4. The molecule has 1 saturated heterocycles. The van der Waals surface area contributed by atoms with Gasteiger partial charge >= 0.3 is 5.97 Å². The van der Waals surface area contributed by atoms with E-state index in [0.717, 1.165) is 0 Å². The van der Waals surface area contributed by atoms with Gasteiger partial charge in [-0.15, -0.1) is 5.10 Å². The Morgan fingerprint density at radius 2 is 1.67 bits per heavy atom. The maximum Gasteiger partial charge on any atom is 0.328 e. The Labute approximate surface area is 347 Å². The Balaban J connectivity index is 1.33. The second-order valence-corrected chi connectivity index (χ2v) is 15.2.